The van der Waals surface area contributed by atoms with E-state index in [2.05, 4.69) is 225 Å². The maximum Gasteiger partial charge on any atom is 0.135 e. The molecule has 0 saturated heterocycles. The van der Waals surface area contributed by atoms with Crippen LogP contribution in [0.5, 0.6) is 11.5 Å². The second-order valence-electron chi connectivity index (χ2n) is 19.3. The van der Waals surface area contributed by atoms with Crippen molar-refractivity contribution in [3.8, 4) is 17.3 Å². The quantitative estimate of drug-likeness (QED) is 0.149. The molecule has 5 nitrogen and oxygen atoms in total. The zero-order chi connectivity index (χ0) is 41.2. The third-order valence-electron chi connectivity index (χ3n) is 11.5. The minimum Gasteiger partial charge on any atom is -0.509 e. The average molecular weight is 959 g/mol. The molecule has 0 fully saturated rings. The van der Waals surface area contributed by atoms with E-state index >= 15 is 0 Å². The molecule has 0 aliphatic carbocycles. The summed E-state index contributed by atoms with van der Waals surface area (Å²) in [5.41, 5.74) is 9.83. The van der Waals surface area contributed by atoms with Crippen LogP contribution in [0.15, 0.2) is 128 Å². The van der Waals surface area contributed by atoms with Crippen molar-refractivity contribution >= 4 is 33.2 Å². The van der Waals surface area contributed by atoms with Crippen molar-refractivity contribution in [3.63, 3.8) is 0 Å². The van der Waals surface area contributed by atoms with E-state index < -0.39 is 0 Å². The van der Waals surface area contributed by atoms with Gasteiger partial charge in [-0.1, -0.05) is 136 Å². The number of fused-ring (bicyclic) bond motifs is 3. The molecule has 0 radical (unpaired) electrons. The van der Waals surface area contributed by atoms with E-state index in [1.54, 1.807) is 0 Å². The summed E-state index contributed by atoms with van der Waals surface area (Å²) >= 11 is 0. The van der Waals surface area contributed by atoms with Crippen LogP contribution >= 0.6 is 0 Å². The predicted molar refractivity (Wildman–Crippen MR) is 242 cm³/mol. The van der Waals surface area contributed by atoms with Gasteiger partial charge in [0, 0.05) is 50.0 Å². The van der Waals surface area contributed by atoms with Gasteiger partial charge in [0.1, 0.15) is 5.82 Å². The first-order valence-corrected chi connectivity index (χ1v) is 20.4. The Kier molecular flexibility index (Phi) is 11.0. The molecule has 7 aromatic rings. The first kappa shape index (κ1) is 42.0. The molecule has 0 atom stereocenters. The van der Waals surface area contributed by atoms with Crippen LogP contribution < -0.4 is 14.5 Å². The Hall–Kier alpha value is -5.12. The van der Waals surface area contributed by atoms with Gasteiger partial charge in [0.15, 0.2) is 0 Å². The van der Waals surface area contributed by atoms with Gasteiger partial charge in [-0.25, -0.2) is 4.98 Å². The van der Waals surface area contributed by atoms with E-state index in [9.17, 15) is 0 Å². The second-order valence-corrected chi connectivity index (χ2v) is 19.3. The van der Waals surface area contributed by atoms with E-state index in [-0.39, 0.29) is 42.7 Å². The van der Waals surface area contributed by atoms with Crippen molar-refractivity contribution < 1.29 is 25.8 Å². The molecular weight excluding hydrogens is 904 g/mol. The monoisotopic (exact) mass is 958 g/mol. The zero-order valence-electron chi connectivity index (χ0n) is 36.2. The van der Waals surface area contributed by atoms with Gasteiger partial charge in [-0.2, -0.15) is 6.07 Å². The number of aromatic nitrogens is 2. The summed E-state index contributed by atoms with van der Waals surface area (Å²) in [5.74, 6) is 2.09. The topological polar surface area (TPSA) is 33.5 Å². The molecule has 0 unspecified atom stereocenters. The summed E-state index contributed by atoms with van der Waals surface area (Å²) in [4.78, 5) is 9.20. The molecule has 0 amide bonds. The minimum absolute atomic E-state index is 0. The van der Waals surface area contributed by atoms with Crippen LogP contribution in [0.3, 0.4) is 0 Å². The number of pyridine rings is 1. The third-order valence-corrected chi connectivity index (χ3v) is 11.5. The maximum atomic E-state index is 6.84. The molecule has 306 valence electrons. The molecule has 0 bridgehead atoms. The van der Waals surface area contributed by atoms with Crippen molar-refractivity contribution in [2.75, 3.05) is 9.80 Å². The van der Waals surface area contributed by atoms with E-state index in [1.807, 2.05) is 12.3 Å². The van der Waals surface area contributed by atoms with Crippen molar-refractivity contribution in [1.29, 1.82) is 0 Å². The van der Waals surface area contributed by atoms with Gasteiger partial charge < -0.3 is 19.1 Å². The zero-order valence-corrected chi connectivity index (χ0v) is 38.5. The second kappa shape index (κ2) is 15.5. The van der Waals surface area contributed by atoms with Gasteiger partial charge in [-0.3, -0.25) is 0 Å². The molecule has 5 aromatic carbocycles. The summed E-state index contributed by atoms with van der Waals surface area (Å²) in [5, 5.41) is 2.27. The van der Waals surface area contributed by atoms with Crippen molar-refractivity contribution in [2.24, 2.45) is 0 Å². The molecule has 8 rings (SSSR count). The molecule has 59 heavy (non-hydrogen) atoms. The third kappa shape index (κ3) is 8.37. The number of rotatable bonds is 7. The Morgan fingerprint density at radius 1 is 0.542 bits per heavy atom. The van der Waals surface area contributed by atoms with Crippen molar-refractivity contribution in [2.45, 2.75) is 97.8 Å². The van der Waals surface area contributed by atoms with Crippen molar-refractivity contribution in [3.05, 3.63) is 174 Å². The van der Waals surface area contributed by atoms with Gasteiger partial charge in [-0.15, -0.1) is 53.6 Å². The van der Waals surface area contributed by atoms with Gasteiger partial charge in [-0.05, 0) is 92.0 Å². The van der Waals surface area contributed by atoms with Crippen LogP contribution in [0.2, 0.25) is 0 Å². The molecule has 1 aliphatic rings. The summed E-state index contributed by atoms with van der Waals surface area (Å²) in [6.07, 6.45) is 6.10. The average Bonchev–Trinajstić information content (AvgIpc) is 3.81. The number of anilines is 2. The number of nitrogens with zero attached hydrogens (tertiary/aromatic N) is 4. The van der Waals surface area contributed by atoms with Crippen LogP contribution in [0, 0.1) is 18.8 Å². The van der Waals surface area contributed by atoms with Crippen LogP contribution in [0.25, 0.3) is 27.6 Å². The summed E-state index contributed by atoms with van der Waals surface area (Å²) < 4.78 is 9.08. The van der Waals surface area contributed by atoms with Gasteiger partial charge in [0.25, 0.3) is 0 Å². The largest absolute Gasteiger partial charge is 0.509 e. The molecule has 6 heteroatoms. The fourth-order valence-electron chi connectivity index (χ4n) is 7.70. The number of benzene rings is 5. The van der Waals surface area contributed by atoms with E-state index in [1.165, 1.54) is 27.6 Å². The SMILES string of the molecule is CC(C)(C)c1cccc(N2C=CN(c3[c-]c(Oc4[c-]c5c(cc4)c4cc(C(C)(C)C)ccc4n5-c4cc(C(C)(C)C)ccn4)cc(C(C)(C)c4ccccc4)c3)[CH-]2)c1.[Pt]. The Bertz CT molecular complexity index is 2670. The van der Waals surface area contributed by atoms with Gasteiger partial charge >= 0.3 is 0 Å². The standard InChI is InChI=1S/C53H55N4O.Pt/c1-50(2,3)37-18-15-19-41(28-37)55-26-27-56(35-55)42-29-40(53(10,11)36-16-13-12-14-17-36)30-44(33-42)58-43-21-22-45-46-31-38(51(4,5)6)20-23-47(46)57(48(45)34-43)49-32-39(24-25-54-49)52(7,8)9;/h12-32,35H,1-11H3;/q-3;. The fourth-order valence-corrected chi connectivity index (χ4v) is 7.70. The Morgan fingerprint density at radius 3 is 1.92 bits per heavy atom. The molecule has 3 heterocycles. The molecule has 1 aliphatic heterocycles. The molecule has 0 spiro atoms. The molecule has 0 saturated carbocycles. The van der Waals surface area contributed by atoms with Crippen LogP contribution in [0.4, 0.5) is 11.4 Å². The minimum atomic E-state index is -0.317. The number of ether oxygens (including phenoxy) is 1. The smallest absolute Gasteiger partial charge is 0.135 e. The molecular formula is C53H55N4OPt-3. The van der Waals surface area contributed by atoms with Gasteiger partial charge in [0.05, 0.1) is 0 Å². The van der Waals surface area contributed by atoms with Gasteiger partial charge in [0.2, 0.25) is 0 Å². The van der Waals surface area contributed by atoms with Crippen LogP contribution in [0.1, 0.15) is 104 Å². The normalized spacial score (nSPS) is 13.7. The van der Waals surface area contributed by atoms with E-state index in [4.69, 9.17) is 9.72 Å². The first-order valence-electron chi connectivity index (χ1n) is 20.4. The number of hydrogen-bond donors (Lipinski definition) is 0. The molecule has 0 N–H and O–H groups in total. The summed E-state index contributed by atoms with van der Waals surface area (Å²) in [7, 11) is 0. The van der Waals surface area contributed by atoms with E-state index in [0.717, 1.165) is 39.2 Å². The summed E-state index contributed by atoms with van der Waals surface area (Å²) in [6.45, 7) is 26.9. The fraction of sp³-hybridized carbons (Fsp3) is 0.283. The van der Waals surface area contributed by atoms with E-state index in [0.29, 0.717) is 11.5 Å². The Balaban J connectivity index is 0.00000528. The van der Waals surface area contributed by atoms with Crippen LogP contribution in [-0.2, 0) is 42.7 Å². The van der Waals surface area contributed by atoms with Crippen molar-refractivity contribution in [1.82, 2.24) is 9.55 Å². The first-order chi connectivity index (χ1) is 27.4. The summed E-state index contributed by atoms with van der Waals surface area (Å²) in [6, 6.07) is 46.4. The molecule has 2 aromatic heterocycles. The Labute approximate surface area is 366 Å². The van der Waals surface area contributed by atoms with Crippen LogP contribution in [-0.4, -0.2) is 9.55 Å². The predicted octanol–water partition coefficient (Wildman–Crippen LogP) is 13.7. The maximum absolute atomic E-state index is 6.84. The number of hydrogen-bond acceptors (Lipinski definition) is 4. The Morgan fingerprint density at radius 2 is 1.20 bits per heavy atom.